The molecule has 0 spiro atoms. The minimum atomic E-state index is -4.46. The van der Waals surface area contributed by atoms with E-state index in [4.69, 9.17) is 0 Å². The molecule has 0 amide bonds. The zero-order chi connectivity index (χ0) is 48.9. The molecule has 0 atom stereocenters. The van der Waals surface area contributed by atoms with Crippen molar-refractivity contribution in [2.24, 2.45) is 0 Å². The zero-order valence-corrected chi connectivity index (χ0v) is 44.1. The van der Waals surface area contributed by atoms with Crippen molar-refractivity contribution in [1.29, 1.82) is 0 Å². The first-order chi connectivity index (χ1) is 33.2. The smallest absolute Gasteiger partial charge is 0.744 e. The average Bonchev–Trinajstić information content (AvgIpc) is 3.36. The molecule has 0 unspecified atom stereocenters. The Morgan fingerprint density at radius 2 is 0.386 bits per heavy atom. The van der Waals surface area contributed by atoms with E-state index < -0.39 is 54.1 Å². The maximum Gasteiger partial charge on any atom is 3.00 e. The van der Waals surface area contributed by atoms with Crippen LogP contribution in [0.4, 0.5) is 0 Å². The van der Waals surface area contributed by atoms with Crippen LogP contribution in [0.25, 0.3) is 0 Å². The zero-order valence-electron chi connectivity index (χ0n) is 36.8. The van der Waals surface area contributed by atoms with Crippen molar-refractivity contribution >= 4 is 102 Å². The van der Waals surface area contributed by atoms with Crippen LogP contribution < -0.4 is 47.7 Å². The fraction of sp³-hybridized carbons (Fsp3) is 0. The van der Waals surface area contributed by atoms with Gasteiger partial charge in [-0.05, 0) is 108 Å². The average molecular weight is 1220 g/mol. The van der Waals surface area contributed by atoms with Crippen LogP contribution in [0.5, 0.6) is 0 Å². The van der Waals surface area contributed by atoms with E-state index in [2.05, 4.69) is 0 Å². The summed E-state index contributed by atoms with van der Waals surface area (Å²) in [5.74, 6) is 0. The molecule has 9 rings (SSSR count). The number of rotatable bonds is 12. The van der Waals surface area contributed by atoms with Gasteiger partial charge in [0.25, 0.3) is 0 Å². The van der Waals surface area contributed by atoms with Gasteiger partial charge >= 0.3 is 22.4 Å². The second-order valence-electron chi connectivity index (χ2n) is 14.9. The first-order valence-corrected chi connectivity index (χ1v) is 29.3. The molecule has 9 nitrogen and oxygen atoms in total. The molecule has 0 aliphatic heterocycles. The van der Waals surface area contributed by atoms with Crippen molar-refractivity contribution in [1.82, 2.24) is 0 Å². The maximum atomic E-state index is 11.3. The molecule has 0 bridgehead atoms. The van der Waals surface area contributed by atoms with Gasteiger partial charge < -0.3 is 13.7 Å². The van der Waals surface area contributed by atoms with Gasteiger partial charge in [0.1, 0.15) is 30.4 Å². The molecule has 16 heteroatoms. The predicted molar refractivity (Wildman–Crippen MR) is 279 cm³/mol. The van der Waals surface area contributed by atoms with Gasteiger partial charge in [0.05, 0.1) is 14.7 Å². The van der Waals surface area contributed by atoms with Crippen LogP contribution in [0.2, 0.25) is 0 Å². The molecule has 0 aliphatic rings. The molecule has 0 aromatic heterocycles. The van der Waals surface area contributed by atoms with Gasteiger partial charge in [0.15, 0.2) is 0 Å². The minimum absolute atomic E-state index is 0. The van der Waals surface area contributed by atoms with E-state index in [0.717, 1.165) is 47.7 Å². The largest absolute Gasteiger partial charge is 3.00 e. The van der Waals surface area contributed by atoms with Crippen LogP contribution in [0.15, 0.2) is 269 Å². The number of benzene rings is 9. The summed E-state index contributed by atoms with van der Waals surface area (Å²) < 4.78 is 102. The Labute approximate surface area is 429 Å². The van der Waals surface area contributed by atoms with Crippen molar-refractivity contribution in [3.63, 3.8) is 0 Å². The summed E-state index contributed by atoms with van der Waals surface area (Å²) in [6, 6.07) is 78.5. The van der Waals surface area contributed by atoms with E-state index in [-0.39, 0.29) is 37.1 Å². The van der Waals surface area contributed by atoms with Crippen molar-refractivity contribution in [2.45, 2.75) is 14.7 Å². The van der Waals surface area contributed by atoms with Gasteiger partial charge in [0.2, 0.25) is 0 Å². The summed E-state index contributed by atoms with van der Waals surface area (Å²) >= 11 is 0. The van der Waals surface area contributed by atoms with Crippen LogP contribution in [-0.4, -0.2) is 38.9 Å². The van der Waals surface area contributed by atoms with Crippen molar-refractivity contribution < 1.29 is 61.3 Å². The van der Waals surface area contributed by atoms with E-state index in [1.54, 1.807) is 18.2 Å². The number of hydrogen-bond donors (Lipinski definition) is 0. The summed E-state index contributed by atoms with van der Waals surface area (Å²) in [5, 5.41) is 9.16. The molecule has 356 valence electrons. The van der Waals surface area contributed by atoms with Gasteiger partial charge in [-0.1, -0.05) is 218 Å². The predicted octanol–water partition coefficient (Wildman–Crippen LogP) is 7.04. The second kappa shape index (κ2) is 25.2. The van der Waals surface area contributed by atoms with Crippen LogP contribution in [0.3, 0.4) is 0 Å². The number of hydrogen-bond acceptors (Lipinski definition) is 9. The maximum absolute atomic E-state index is 11.3. The quantitative estimate of drug-likeness (QED) is 0.0707. The van der Waals surface area contributed by atoms with Gasteiger partial charge in [-0.15, -0.1) is 0 Å². The van der Waals surface area contributed by atoms with Gasteiger partial charge in [-0.3, -0.25) is 0 Å². The molecule has 0 heterocycles. The van der Waals surface area contributed by atoms with E-state index in [1.165, 1.54) is 36.4 Å². The van der Waals surface area contributed by atoms with E-state index in [1.807, 2.05) is 200 Å². The molecule has 9 aromatic rings. The van der Waals surface area contributed by atoms with Gasteiger partial charge in [-0.25, -0.2) is 25.3 Å². The molecule has 0 saturated heterocycles. The summed E-state index contributed by atoms with van der Waals surface area (Å²) in [5.41, 5.74) is 0. The molecule has 0 radical (unpaired) electrons. The van der Waals surface area contributed by atoms with E-state index in [0.29, 0.717) is 0 Å². The monoisotopic (exact) mass is 1220 g/mol. The Morgan fingerprint density at radius 3 is 0.543 bits per heavy atom. The first kappa shape index (κ1) is 54.1. The van der Waals surface area contributed by atoms with Crippen molar-refractivity contribution in [3.05, 3.63) is 255 Å². The molecule has 0 saturated carbocycles. The normalized spacial score (nSPS) is 11.4. The first-order valence-electron chi connectivity index (χ1n) is 21.1. The van der Waals surface area contributed by atoms with Crippen LogP contribution in [0, 0.1) is 0 Å². The van der Waals surface area contributed by atoms with Gasteiger partial charge in [0, 0.05) is 0 Å². The second-order valence-corrected chi connectivity index (χ2v) is 25.7. The van der Waals surface area contributed by atoms with Crippen LogP contribution >= 0.6 is 23.8 Å². The molecular weight excluding hydrogens is 1180 g/mol. The van der Waals surface area contributed by atoms with Crippen molar-refractivity contribution in [3.8, 4) is 0 Å². The Hall–Kier alpha value is -5.26. The minimum Gasteiger partial charge on any atom is -0.744 e. The Kier molecular flexibility index (Phi) is 19.5. The van der Waals surface area contributed by atoms with Crippen molar-refractivity contribution in [2.75, 3.05) is 0 Å². The van der Waals surface area contributed by atoms with E-state index in [9.17, 15) is 38.9 Å². The molecule has 0 fully saturated rings. The third-order valence-corrected chi connectivity index (χ3v) is 19.9. The Bertz CT molecular complexity index is 2940. The molecule has 9 aromatic carbocycles. The molecule has 0 N–H and O–H groups in total. The molecular formula is C54H42AuO9P3S3. The van der Waals surface area contributed by atoms with E-state index >= 15 is 0 Å². The van der Waals surface area contributed by atoms with Crippen LogP contribution in [-0.2, 0) is 52.7 Å². The Morgan fingerprint density at radius 1 is 0.229 bits per heavy atom. The SMILES string of the molecule is O=S(=O)([O-])c1cccc(P(c2ccccc2)c2ccccc2)c1.O=S(=O)([O-])c1cccc(P(c2ccccc2)c2ccccc2)c1.O=S(=O)([O-])c1cccc(P(c2ccccc2)c2ccccc2)c1.[Au+3]. The third-order valence-electron chi connectivity index (χ3n) is 10.2. The summed E-state index contributed by atoms with van der Waals surface area (Å²) in [6.07, 6.45) is 0. The Balaban J connectivity index is 0.000000171. The topological polar surface area (TPSA) is 172 Å². The van der Waals surface area contributed by atoms with Crippen LogP contribution in [0.1, 0.15) is 0 Å². The molecule has 70 heavy (non-hydrogen) atoms. The fourth-order valence-electron chi connectivity index (χ4n) is 7.14. The standard InChI is InChI=1S/3C18H15O3PS.Au/c3*19-23(20,21)18-13-7-12-17(14-18)22(15-8-3-1-4-9-15)16-10-5-2-6-11-16;/h3*1-14H,(H,19,20,21);/q;;;+3/p-3. The fourth-order valence-corrected chi connectivity index (χ4v) is 16.0. The summed E-state index contributed by atoms with van der Waals surface area (Å²) in [6.45, 7) is 0. The summed E-state index contributed by atoms with van der Waals surface area (Å²) in [4.78, 5) is -0.557. The molecule has 0 aliphatic carbocycles. The van der Waals surface area contributed by atoms with Gasteiger partial charge in [-0.2, -0.15) is 0 Å². The summed E-state index contributed by atoms with van der Waals surface area (Å²) in [7, 11) is -16.1. The third kappa shape index (κ3) is 14.9.